The maximum Gasteiger partial charge on any atom is 2.00 e. The normalized spacial score (nSPS) is 11.5. The van der Waals surface area contributed by atoms with Crippen LogP contribution in [0.3, 0.4) is 0 Å². The summed E-state index contributed by atoms with van der Waals surface area (Å²) in [5.41, 5.74) is 7.80. The van der Waals surface area contributed by atoms with E-state index in [0.717, 1.165) is 50.9 Å². The van der Waals surface area contributed by atoms with Crippen molar-refractivity contribution in [2.45, 2.75) is 79.1 Å². The zero-order valence-electron chi connectivity index (χ0n) is 42.8. The third kappa shape index (κ3) is 14.3. The summed E-state index contributed by atoms with van der Waals surface area (Å²) in [7, 11) is 1.00. The predicted octanol–water partition coefficient (Wildman–Crippen LogP) is 13.1. The molecule has 8 aromatic carbocycles. The predicted molar refractivity (Wildman–Crippen MR) is 285 cm³/mol. The van der Waals surface area contributed by atoms with Crippen LogP contribution >= 0.6 is 0 Å². The minimum Gasteiger partial charge on any atom is -0.872 e. The molecule has 0 aliphatic heterocycles. The maximum absolute atomic E-state index is 12.8. The molecule has 1 N–H and O–H groups in total. The van der Waals surface area contributed by atoms with E-state index in [1.165, 1.54) is 0 Å². The van der Waals surface area contributed by atoms with Crippen LogP contribution in [-0.4, -0.2) is 37.1 Å². The Morgan fingerprint density at radius 1 is 0.319 bits per heavy atom. The first-order valence-corrected chi connectivity index (χ1v) is 23.6. The van der Waals surface area contributed by atoms with E-state index in [1.54, 1.807) is 49.1 Å². The first kappa shape index (κ1) is 57.9. The first-order chi connectivity index (χ1) is 33.7. The molecule has 0 aromatic heterocycles. The summed E-state index contributed by atoms with van der Waals surface area (Å²) in [6.45, 7) is 16.1. The van der Waals surface area contributed by atoms with Crippen molar-refractivity contribution in [2.24, 2.45) is 20.0 Å². The zero-order valence-corrected chi connectivity index (χ0v) is 48.7. The van der Waals surface area contributed by atoms with Gasteiger partial charge in [0.25, 0.3) is 0 Å². The van der Waals surface area contributed by atoms with Gasteiger partial charge in [-0.1, -0.05) is 222 Å². The molecule has 8 rings (SSSR count). The average Bonchev–Trinajstić information content (AvgIpc) is 3.35. The zero-order chi connectivity index (χ0) is 50.5. The van der Waals surface area contributed by atoms with Gasteiger partial charge >= 0.3 is 39.0 Å². The number of rotatable bonds is 12. The molecule has 0 unspecified atom stereocenters. The molecule has 0 fully saturated rings. The van der Waals surface area contributed by atoms with Gasteiger partial charge in [0.1, 0.15) is 0 Å². The molecule has 0 bridgehead atoms. The number of hydrogen-bond acceptors (Lipinski definition) is 9. The Hall–Kier alpha value is -6.63. The van der Waals surface area contributed by atoms with Crippen molar-refractivity contribution in [1.29, 1.82) is 0 Å². The number of nitrogens with zero attached hydrogens (tertiary/aromatic N) is 4. The van der Waals surface area contributed by atoms with Crippen LogP contribution in [0.25, 0.3) is 21.5 Å². The molecule has 9 nitrogen and oxygen atoms in total. The Bertz CT molecular complexity index is 2790. The number of aliphatic hydroxyl groups excluding tert-OH is 1. The second-order valence-corrected chi connectivity index (χ2v) is 18.1. The van der Waals surface area contributed by atoms with Crippen LogP contribution in [0.2, 0.25) is 0 Å². The van der Waals surface area contributed by atoms with E-state index in [1.807, 2.05) is 177 Å². The molecule has 0 saturated heterocycles. The molecular weight excluding hydrogens is 999 g/mol. The van der Waals surface area contributed by atoms with Crippen molar-refractivity contribution in [3.8, 4) is 23.0 Å². The summed E-state index contributed by atoms with van der Waals surface area (Å²) in [4.78, 5) is 18.6. The van der Waals surface area contributed by atoms with Crippen molar-refractivity contribution in [1.82, 2.24) is 0 Å². The van der Waals surface area contributed by atoms with Gasteiger partial charge < -0.3 is 25.5 Å². The minimum absolute atomic E-state index is 0. The van der Waals surface area contributed by atoms with Crippen molar-refractivity contribution in [2.75, 3.05) is 7.11 Å². The summed E-state index contributed by atoms with van der Waals surface area (Å²) >= 11 is 0. The van der Waals surface area contributed by atoms with Crippen LogP contribution < -0.4 is 20.4 Å². The van der Waals surface area contributed by atoms with Crippen molar-refractivity contribution >= 4 is 69.2 Å². The van der Waals surface area contributed by atoms with E-state index in [0.29, 0.717) is 45.0 Å². The summed E-state index contributed by atoms with van der Waals surface area (Å²) in [5, 5.41) is 62.3. The first-order valence-electron chi connectivity index (χ1n) is 23.6. The fourth-order valence-electron chi connectivity index (χ4n) is 7.92. The monoisotopic (exact) mass is 1060 g/mol. The number of para-hydroxylation sites is 4. The molecule has 0 amide bonds. The van der Waals surface area contributed by atoms with Gasteiger partial charge in [-0.15, -0.1) is 0 Å². The summed E-state index contributed by atoms with van der Waals surface area (Å²) in [6, 6.07) is 45.9. The van der Waals surface area contributed by atoms with Crippen LogP contribution in [0.5, 0.6) is 23.0 Å². The molecule has 0 aliphatic rings. The molecule has 0 spiro atoms. The Balaban J connectivity index is 0.000000294. The number of hydrogen-bond donors (Lipinski definition) is 1. The van der Waals surface area contributed by atoms with Crippen LogP contribution in [-0.2, 0) is 39.0 Å². The third-order valence-corrected chi connectivity index (χ3v) is 11.8. The van der Waals surface area contributed by atoms with Crippen molar-refractivity contribution in [3.63, 3.8) is 0 Å². The molecule has 72 heavy (non-hydrogen) atoms. The molecule has 358 valence electrons. The van der Waals surface area contributed by atoms with Gasteiger partial charge in [-0.2, -0.15) is 0 Å². The molecular formula is C61H60N4O5Zn2. The van der Waals surface area contributed by atoms with Crippen molar-refractivity contribution < 1.29 is 64.5 Å². The minimum atomic E-state index is -0.00594. The average molecular weight is 1060 g/mol. The van der Waals surface area contributed by atoms with Gasteiger partial charge in [0.15, 0.2) is 0 Å². The second-order valence-electron chi connectivity index (χ2n) is 18.1. The van der Waals surface area contributed by atoms with E-state index in [2.05, 4.69) is 20.0 Å². The Morgan fingerprint density at radius 3 is 0.694 bits per heavy atom. The van der Waals surface area contributed by atoms with E-state index < -0.39 is 0 Å². The van der Waals surface area contributed by atoms with E-state index in [4.69, 9.17) is 5.11 Å². The van der Waals surface area contributed by atoms with Gasteiger partial charge in [0, 0.05) is 32.0 Å². The topological polar surface area (TPSA) is 162 Å². The molecule has 0 heterocycles. The summed E-state index contributed by atoms with van der Waals surface area (Å²) in [6.07, 6.45) is 6.43. The van der Waals surface area contributed by atoms with Crippen LogP contribution in [0.1, 0.15) is 124 Å². The number of aliphatic imine (C=N–C) groups is 4. The standard InChI is InChI=1S/2C30H30N2O2.CH4O.2Zn/c2*1-19(2)25-13-7-11-23(29(25)33)17-31-27-15-21-9-5-6-10-22(21)16-28(27)32-18-24-12-8-14-26(20(3)4)30(24)34;1-2;;/h2*5-20,33-34H,1-4H3;2H,1H3;;/q;;;2*+2/p-4. The fourth-order valence-corrected chi connectivity index (χ4v) is 7.92. The molecule has 8 aromatic rings. The van der Waals surface area contributed by atoms with Gasteiger partial charge in [-0.05, 0) is 91.7 Å². The van der Waals surface area contributed by atoms with E-state index in [-0.39, 0.29) is 85.6 Å². The number of fused-ring (bicyclic) bond motifs is 2. The van der Waals surface area contributed by atoms with Gasteiger partial charge in [0.2, 0.25) is 0 Å². The summed E-state index contributed by atoms with van der Waals surface area (Å²) < 4.78 is 0. The Morgan fingerprint density at radius 2 is 0.514 bits per heavy atom. The van der Waals surface area contributed by atoms with Gasteiger partial charge in [0.05, 0.1) is 22.7 Å². The number of aliphatic hydroxyl groups is 1. The van der Waals surface area contributed by atoms with Crippen LogP contribution in [0.4, 0.5) is 22.7 Å². The fraction of sp³-hybridized carbons (Fsp3) is 0.213. The molecule has 0 saturated carbocycles. The second kappa shape index (κ2) is 27.3. The van der Waals surface area contributed by atoms with Gasteiger partial charge in [-0.3, -0.25) is 20.0 Å². The third-order valence-electron chi connectivity index (χ3n) is 11.8. The maximum atomic E-state index is 12.8. The van der Waals surface area contributed by atoms with Crippen LogP contribution in [0, 0.1) is 0 Å². The van der Waals surface area contributed by atoms with Crippen molar-refractivity contribution in [3.05, 3.63) is 190 Å². The van der Waals surface area contributed by atoms with E-state index in [9.17, 15) is 20.4 Å². The van der Waals surface area contributed by atoms with E-state index >= 15 is 0 Å². The quantitative estimate of drug-likeness (QED) is 0.0950. The Kier molecular flexibility index (Phi) is 21.9. The van der Waals surface area contributed by atoms with Gasteiger partial charge in [-0.25, -0.2) is 0 Å². The summed E-state index contributed by atoms with van der Waals surface area (Å²) in [5.74, 6) is 0.549. The SMILES string of the molecule is CC(C)c1cccc(C=Nc2cc3ccccc3cc2N=Cc2cccc(C(C)C)c2[O-])c1[O-].CC(C)c1cccc(C=Nc2cc3ccccc3cc2N=Cc2cccc(C(C)C)c2[O-])c1[O-].CO.[Zn+2].[Zn+2]. The Labute approximate surface area is 450 Å². The molecule has 0 atom stereocenters. The number of benzene rings is 8. The molecule has 11 heteroatoms. The smallest absolute Gasteiger partial charge is 0.872 e. The van der Waals surface area contributed by atoms with Crippen LogP contribution in [0.15, 0.2) is 166 Å². The largest absolute Gasteiger partial charge is 2.00 e. The molecule has 0 aliphatic carbocycles. The molecule has 0 radical (unpaired) electrons.